The molecular formula is C38H56O6. The molecule has 6 heteroatoms. The number of benzene rings is 1. The highest BCUT2D eigenvalue weighted by molar-refractivity contribution is 5.70. The van der Waals surface area contributed by atoms with E-state index in [1.807, 2.05) is 44.2 Å². The Morgan fingerprint density at radius 2 is 1.80 bits per heavy atom. The number of carbonyl (C=O) groups excluding carboxylic acids is 2. The van der Waals surface area contributed by atoms with Crippen LogP contribution in [0.1, 0.15) is 94.4 Å². The fraction of sp³-hybridized carbons (Fsp3) is 0.632. The Hall–Kier alpha value is -2.86. The Morgan fingerprint density at radius 1 is 1.09 bits per heavy atom. The lowest BCUT2D eigenvalue weighted by Crippen LogP contribution is -2.29. The standard InChI is InChI=1S/C38H56O6/c1-10-26(3)30(7)36-33(42-36)24-38(8,9)22-14-15-28(5)35-29(6)20-21-32(27(4)19-18-25(2)23-34(39)44-35)43-37(40)41-31-16-12-11-13-17-31/h11-17,20-22,25-27,29-30,32-33,35-36H,10,18-19,23-24H2,1-9H3/b21-20+,22-14+,28-15+. The maximum absolute atomic E-state index is 13.0. The smallest absolute Gasteiger partial charge is 0.457 e. The van der Waals surface area contributed by atoms with E-state index in [0.29, 0.717) is 36.2 Å². The summed E-state index contributed by atoms with van der Waals surface area (Å²) in [4.78, 5) is 25.6. The van der Waals surface area contributed by atoms with E-state index < -0.39 is 18.4 Å². The molecule has 0 aliphatic carbocycles. The first-order valence-electron chi connectivity index (χ1n) is 16.6. The van der Waals surface area contributed by atoms with Crippen molar-refractivity contribution in [2.75, 3.05) is 0 Å². The van der Waals surface area contributed by atoms with Gasteiger partial charge in [-0.3, -0.25) is 4.79 Å². The molecule has 0 saturated carbocycles. The van der Waals surface area contributed by atoms with Gasteiger partial charge in [-0.25, -0.2) is 4.79 Å². The van der Waals surface area contributed by atoms with Crippen LogP contribution < -0.4 is 4.74 Å². The second-order valence-electron chi connectivity index (χ2n) is 14.1. The molecule has 6 nitrogen and oxygen atoms in total. The van der Waals surface area contributed by atoms with Gasteiger partial charge in [0.15, 0.2) is 0 Å². The fourth-order valence-electron chi connectivity index (χ4n) is 5.97. The highest BCUT2D eigenvalue weighted by Gasteiger charge is 2.46. The van der Waals surface area contributed by atoms with Crippen molar-refractivity contribution < 1.29 is 28.5 Å². The van der Waals surface area contributed by atoms with Gasteiger partial charge in [0.1, 0.15) is 18.0 Å². The highest BCUT2D eigenvalue weighted by atomic mass is 16.7. The summed E-state index contributed by atoms with van der Waals surface area (Å²) < 4.78 is 23.4. The van der Waals surface area contributed by atoms with Crippen LogP contribution in [-0.4, -0.2) is 36.5 Å². The van der Waals surface area contributed by atoms with Crippen molar-refractivity contribution in [3.05, 3.63) is 66.3 Å². The predicted molar refractivity (Wildman–Crippen MR) is 176 cm³/mol. The number of allylic oxidation sites excluding steroid dienone is 3. The van der Waals surface area contributed by atoms with Gasteiger partial charge in [-0.2, -0.15) is 0 Å². The number of esters is 1. The number of hydrogen-bond acceptors (Lipinski definition) is 6. The van der Waals surface area contributed by atoms with Crippen LogP contribution in [0.25, 0.3) is 0 Å². The zero-order chi connectivity index (χ0) is 32.4. The van der Waals surface area contributed by atoms with Gasteiger partial charge < -0.3 is 18.9 Å². The molecule has 1 aromatic rings. The van der Waals surface area contributed by atoms with Crippen LogP contribution in [0.4, 0.5) is 4.79 Å². The van der Waals surface area contributed by atoms with Gasteiger partial charge in [0.25, 0.3) is 0 Å². The Kier molecular flexibility index (Phi) is 13.3. The molecule has 2 aliphatic rings. The van der Waals surface area contributed by atoms with Crippen molar-refractivity contribution in [3.8, 4) is 5.75 Å². The van der Waals surface area contributed by atoms with E-state index in [1.165, 1.54) is 6.42 Å². The van der Waals surface area contributed by atoms with Crippen molar-refractivity contribution in [2.45, 2.75) is 119 Å². The maximum Gasteiger partial charge on any atom is 0.514 e. The summed E-state index contributed by atoms with van der Waals surface area (Å²) in [5, 5.41) is 0. The van der Waals surface area contributed by atoms with Crippen molar-refractivity contribution in [1.82, 2.24) is 0 Å². The maximum atomic E-state index is 13.0. The van der Waals surface area contributed by atoms with E-state index in [-0.39, 0.29) is 29.1 Å². The van der Waals surface area contributed by atoms with E-state index in [0.717, 1.165) is 24.8 Å². The van der Waals surface area contributed by atoms with Crippen molar-refractivity contribution >= 4 is 12.1 Å². The van der Waals surface area contributed by atoms with Crippen LogP contribution in [0.3, 0.4) is 0 Å². The summed E-state index contributed by atoms with van der Waals surface area (Å²) in [6, 6.07) is 8.93. The molecule has 9 atom stereocenters. The van der Waals surface area contributed by atoms with Gasteiger partial charge in [0, 0.05) is 12.3 Å². The topological polar surface area (TPSA) is 74.4 Å². The normalized spacial score (nSPS) is 30.8. The van der Waals surface area contributed by atoms with Crippen LogP contribution in [0, 0.1) is 35.0 Å². The molecule has 0 spiro atoms. The van der Waals surface area contributed by atoms with Gasteiger partial charge >= 0.3 is 12.1 Å². The molecular weight excluding hydrogens is 552 g/mol. The Balaban J connectivity index is 1.71. The zero-order valence-electron chi connectivity index (χ0n) is 28.5. The average Bonchev–Trinajstić information content (AvgIpc) is 3.73. The summed E-state index contributed by atoms with van der Waals surface area (Å²) in [6.07, 6.45) is 13.5. The number of epoxide rings is 1. The summed E-state index contributed by atoms with van der Waals surface area (Å²) >= 11 is 0. The third-order valence-corrected chi connectivity index (χ3v) is 9.47. The Bertz CT molecular complexity index is 1150. The van der Waals surface area contributed by atoms with E-state index in [4.69, 9.17) is 18.9 Å². The third-order valence-electron chi connectivity index (χ3n) is 9.47. The van der Waals surface area contributed by atoms with Crippen LogP contribution in [0.2, 0.25) is 0 Å². The minimum atomic E-state index is -0.727. The summed E-state index contributed by atoms with van der Waals surface area (Å²) in [7, 11) is 0. The molecule has 1 fully saturated rings. The molecule has 2 heterocycles. The minimum Gasteiger partial charge on any atom is -0.457 e. The van der Waals surface area contributed by atoms with Crippen LogP contribution in [0.15, 0.2) is 66.3 Å². The van der Waals surface area contributed by atoms with Crippen LogP contribution in [-0.2, 0) is 19.0 Å². The van der Waals surface area contributed by atoms with Crippen LogP contribution >= 0.6 is 0 Å². The van der Waals surface area contributed by atoms with E-state index in [9.17, 15) is 9.59 Å². The zero-order valence-corrected chi connectivity index (χ0v) is 28.5. The summed E-state index contributed by atoms with van der Waals surface area (Å²) in [5.74, 6) is 1.58. The number of cyclic esters (lactones) is 1. The number of hydrogen-bond donors (Lipinski definition) is 0. The first-order chi connectivity index (χ1) is 20.8. The van der Waals surface area contributed by atoms with E-state index in [2.05, 4.69) is 66.7 Å². The Labute approximate surface area is 266 Å². The number of rotatable bonds is 10. The Morgan fingerprint density at radius 3 is 2.48 bits per heavy atom. The van der Waals surface area contributed by atoms with Crippen molar-refractivity contribution in [2.24, 2.45) is 35.0 Å². The predicted octanol–water partition coefficient (Wildman–Crippen LogP) is 9.50. The highest BCUT2D eigenvalue weighted by Crippen LogP contribution is 2.41. The average molecular weight is 609 g/mol. The molecule has 0 N–H and O–H groups in total. The molecule has 0 radical (unpaired) electrons. The molecule has 44 heavy (non-hydrogen) atoms. The molecule has 1 aromatic carbocycles. The summed E-state index contributed by atoms with van der Waals surface area (Å²) in [6.45, 7) is 19.5. The number of carbonyl (C=O) groups is 2. The molecule has 244 valence electrons. The lowest BCUT2D eigenvalue weighted by Gasteiger charge is -2.27. The molecule has 9 unspecified atom stereocenters. The number of para-hydroxylation sites is 1. The fourth-order valence-corrected chi connectivity index (χ4v) is 5.97. The summed E-state index contributed by atoms with van der Waals surface area (Å²) in [5.41, 5.74) is 0.942. The van der Waals surface area contributed by atoms with Gasteiger partial charge in [-0.05, 0) is 79.1 Å². The second kappa shape index (κ2) is 16.5. The first kappa shape index (κ1) is 35.6. The molecule has 2 aliphatic heterocycles. The van der Waals surface area contributed by atoms with Gasteiger partial charge in [0.2, 0.25) is 0 Å². The van der Waals surface area contributed by atoms with Crippen molar-refractivity contribution in [1.29, 1.82) is 0 Å². The van der Waals surface area contributed by atoms with Gasteiger partial charge in [-0.15, -0.1) is 0 Å². The molecule has 1 saturated heterocycles. The monoisotopic (exact) mass is 608 g/mol. The van der Waals surface area contributed by atoms with E-state index in [1.54, 1.807) is 12.1 Å². The minimum absolute atomic E-state index is 0.0233. The quantitative estimate of drug-likeness (QED) is 0.0866. The number of ether oxygens (including phenoxy) is 4. The molecule has 0 bridgehead atoms. The molecule has 0 amide bonds. The van der Waals surface area contributed by atoms with Crippen LogP contribution in [0.5, 0.6) is 5.75 Å². The van der Waals surface area contributed by atoms with Crippen molar-refractivity contribution in [3.63, 3.8) is 0 Å². The largest absolute Gasteiger partial charge is 0.514 e. The molecule has 0 aromatic heterocycles. The van der Waals surface area contributed by atoms with E-state index >= 15 is 0 Å². The van der Waals surface area contributed by atoms with Gasteiger partial charge in [0.05, 0.1) is 12.2 Å². The first-order valence-corrected chi connectivity index (χ1v) is 16.6. The lowest BCUT2D eigenvalue weighted by atomic mass is 9.83. The third kappa shape index (κ3) is 11.3. The van der Waals surface area contributed by atoms with Gasteiger partial charge in [-0.1, -0.05) is 104 Å². The molecule has 3 rings (SSSR count). The SMILES string of the molecule is CCC(C)C(C)C1OC1CC(C)(C)/C=C/C=C(\C)C1OC(=O)CC(C)CCC(C)C(OC(=O)Oc2ccccc2)/C=C/C1C. The lowest BCUT2D eigenvalue weighted by molar-refractivity contribution is -0.149. The second-order valence-corrected chi connectivity index (χ2v) is 14.1.